The van der Waals surface area contributed by atoms with Gasteiger partial charge >= 0.3 is 6.18 Å². The van der Waals surface area contributed by atoms with Crippen molar-refractivity contribution in [1.82, 2.24) is 35.1 Å². The summed E-state index contributed by atoms with van der Waals surface area (Å²) < 4.78 is 62.9. The molecule has 4 heterocycles. The summed E-state index contributed by atoms with van der Waals surface area (Å²) in [7, 11) is 1.92. The molecule has 2 saturated heterocycles. The normalized spacial score (nSPS) is 16.5. The number of piperazine rings is 1. The molecule has 2 aromatic heterocycles. The summed E-state index contributed by atoms with van der Waals surface area (Å²) in [5.41, 5.74) is -3.27. The molecule has 45 heavy (non-hydrogen) atoms. The Kier molecular flexibility index (Phi) is 9.79. The van der Waals surface area contributed by atoms with Gasteiger partial charge in [-0.05, 0) is 26.1 Å². The van der Waals surface area contributed by atoms with E-state index in [1.165, 1.54) is 12.3 Å². The smallest absolute Gasteiger partial charge is 0.379 e. The summed E-state index contributed by atoms with van der Waals surface area (Å²) >= 11 is 0. The van der Waals surface area contributed by atoms with E-state index >= 15 is 4.39 Å². The summed E-state index contributed by atoms with van der Waals surface area (Å²) in [5.74, 6) is -2.43. The number of pyridine rings is 1. The van der Waals surface area contributed by atoms with Crippen LogP contribution < -0.4 is 21.1 Å². The van der Waals surface area contributed by atoms with E-state index in [1.54, 1.807) is 4.90 Å². The zero-order chi connectivity index (χ0) is 32.1. The largest absolute Gasteiger partial charge is 0.417 e. The van der Waals surface area contributed by atoms with Crippen LogP contribution >= 0.6 is 0 Å². The first kappa shape index (κ1) is 32.1. The fourth-order valence-electron chi connectivity index (χ4n) is 5.13. The van der Waals surface area contributed by atoms with Crippen LogP contribution in [0.3, 0.4) is 0 Å². The van der Waals surface area contributed by atoms with E-state index in [4.69, 9.17) is 4.74 Å². The second-order valence-electron chi connectivity index (χ2n) is 10.8. The quantitative estimate of drug-likeness (QED) is 0.236. The molecule has 242 valence electrons. The number of anilines is 2. The average Bonchev–Trinajstić information content (AvgIpc) is 3.51. The van der Waals surface area contributed by atoms with E-state index in [0.29, 0.717) is 64.6 Å². The highest BCUT2D eigenvalue weighted by atomic mass is 19.4. The maximum atomic E-state index is 15.6. The number of hydrogen-bond acceptors (Lipinski definition) is 9. The number of H-pyrrole nitrogens is 1. The summed E-state index contributed by atoms with van der Waals surface area (Å²) in [5, 5.41) is 13.0. The molecule has 0 atom stereocenters. The lowest BCUT2D eigenvalue weighted by Crippen LogP contribution is -2.44. The number of aromatic amines is 1. The van der Waals surface area contributed by atoms with Gasteiger partial charge in [-0.2, -0.15) is 13.2 Å². The third-order valence-corrected chi connectivity index (χ3v) is 7.64. The Bertz CT molecular complexity index is 1580. The van der Waals surface area contributed by atoms with Crippen LogP contribution in [0.5, 0.6) is 0 Å². The van der Waals surface area contributed by atoms with Gasteiger partial charge in [-0.15, -0.1) is 5.10 Å². The van der Waals surface area contributed by atoms with Gasteiger partial charge in [0.25, 0.3) is 11.8 Å². The zero-order valence-corrected chi connectivity index (χ0v) is 24.5. The van der Waals surface area contributed by atoms with Crippen LogP contribution in [0.15, 0.2) is 35.4 Å². The van der Waals surface area contributed by atoms with E-state index in [0.717, 1.165) is 30.4 Å². The Morgan fingerprint density at radius 1 is 1.02 bits per heavy atom. The third kappa shape index (κ3) is 7.84. The molecular formula is C28H33F4N9O4. The van der Waals surface area contributed by atoms with E-state index in [2.05, 4.69) is 35.7 Å². The first-order valence-electron chi connectivity index (χ1n) is 14.4. The zero-order valence-electron chi connectivity index (χ0n) is 24.5. The number of ether oxygens (including phenoxy) is 1. The van der Waals surface area contributed by atoms with Gasteiger partial charge in [0.2, 0.25) is 5.56 Å². The molecule has 3 aromatic rings. The number of nitrogens with one attached hydrogen (secondary N) is 3. The molecule has 2 aliphatic heterocycles. The van der Waals surface area contributed by atoms with Crippen molar-refractivity contribution in [2.45, 2.75) is 12.6 Å². The van der Waals surface area contributed by atoms with Crippen LogP contribution in [0.25, 0.3) is 5.69 Å². The minimum absolute atomic E-state index is 0.00453. The van der Waals surface area contributed by atoms with Crippen LogP contribution in [-0.4, -0.2) is 114 Å². The maximum Gasteiger partial charge on any atom is 0.417 e. The molecule has 1 aromatic carbocycles. The summed E-state index contributed by atoms with van der Waals surface area (Å²) in [6.07, 6.45) is -2.36. The molecule has 0 unspecified atom stereocenters. The van der Waals surface area contributed by atoms with E-state index in [1.807, 2.05) is 7.05 Å². The van der Waals surface area contributed by atoms with Gasteiger partial charge in [0.05, 0.1) is 41.9 Å². The number of rotatable bonds is 9. The molecule has 13 nitrogen and oxygen atoms in total. The number of halogens is 4. The van der Waals surface area contributed by atoms with Crippen molar-refractivity contribution in [2.24, 2.45) is 0 Å². The predicted molar refractivity (Wildman–Crippen MR) is 155 cm³/mol. The van der Waals surface area contributed by atoms with E-state index < -0.39 is 40.5 Å². The van der Waals surface area contributed by atoms with Crippen molar-refractivity contribution in [2.75, 3.05) is 82.8 Å². The van der Waals surface area contributed by atoms with E-state index in [9.17, 15) is 27.6 Å². The van der Waals surface area contributed by atoms with E-state index in [-0.39, 0.29) is 22.8 Å². The van der Waals surface area contributed by atoms with Crippen LogP contribution in [0.1, 0.15) is 32.8 Å². The van der Waals surface area contributed by atoms with Crippen molar-refractivity contribution in [3.8, 4) is 5.69 Å². The molecular weight excluding hydrogens is 602 g/mol. The molecule has 0 spiro atoms. The fourth-order valence-corrected chi connectivity index (χ4v) is 5.13. The number of hydrogen-bond donors (Lipinski definition) is 3. The highest BCUT2D eigenvalue weighted by Gasteiger charge is 2.36. The minimum Gasteiger partial charge on any atom is -0.379 e. The number of aromatic nitrogens is 4. The number of carbonyl (C=O) groups is 2. The number of alkyl halides is 3. The highest BCUT2D eigenvalue weighted by Crippen LogP contribution is 2.34. The van der Waals surface area contributed by atoms with Crippen molar-refractivity contribution >= 4 is 23.2 Å². The second-order valence-corrected chi connectivity index (χ2v) is 10.8. The predicted octanol–water partition coefficient (Wildman–Crippen LogP) is 1.57. The number of amides is 2. The fraction of sp³-hybridized carbons (Fsp3) is 0.464. The Hall–Kier alpha value is -4.35. The van der Waals surface area contributed by atoms with Crippen molar-refractivity contribution in [3.05, 3.63) is 63.6 Å². The Morgan fingerprint density at radius 2 is 1.76 bits per heavy atom. The first-order chi connectivity index (χ1) is 21.5. The van der Waals surface area contributed by atoms with Gasteiger partial charge in [-0.3, -0.25) is 19.3 Å². The summed E-state index contributed by atoms with van der Waals surface area (Å²) in [6.45, 7) is 6.37. The SMILES string of the molecule is CN1CCN(c2cc(F)c(-n3cc(C(=O)NCCCN4CCOCC4)nn3)cc2NC(=O)c2c[nH]c(=O)cc2C(F)(F)F)CC1. The molecule has 5 rings (SSSR count). The molecule has 2 fully saturated rings. The number of carbonyl (C=O) groups excluding carboxylic acids is 2. The van der Waals surface area contributed by atoms with Gasteiger partial charge in [-0.1, -0.05) is 5.21 Å². The van der Waals surface area contributed by atoms with Gasteiger partial charge in [0.1, 0.15) is 5.69 Å². The van der Waals surface area contributed by atoms with Crippen molar-refractivity contribution < 1.29 is 31.9 Å². The van der Waals surface area contributed by atoms with Crippen LogP contribution in [-0.2, 0) is 10.9 Å². The highest BCUT2D eigenvalue weighted by molar-refractivity contribution is 6.07. The molecule has 17 heteroatoms. The lowest BCUT2D eigenvalue weighted by atomic mass is 10.1. The molecule has 0 bridgehead atoms. The van der Waals surface area contributed by atoms with Gasteiger partial charge in [-0.25, -0.2) is 9.07 Å². The summed E-state index contributed by atoms with van der Waals surface area (Å²) in [6, 6.07) is 2.68. The molecule has 0 aliphatic carbocycles. The Labute approximate surface area is 255 Å². The number of nitrogens with zero attached hydrogens (tertiary/aromatic N) is 6. The van der Waals surface area contributed by atoms with Gasteiger partial charge in [0.15, 0.2) is 11.5 Å². The Morgan fingerprint density at radius 3 is 2.47 bits per heavy atom. The maximum absolute atomic E-state index is 15.6. The minimum atomic E-state index is -4.98. The molecule has 2 aliphatic rings. The number of morpholine rings is 1. The van der Waals surface area contributed by atoms with Crippen LogP contribution in [0.2, 0.25) is 0 Å². The summed E-state index contributed by atoms with van der Waals surface area (Å²) in [4.78, 5) is 45.6. The third-order valence-electron chi connectivity index (χ3n) is 7.64. The average molecular weight is 636 g/mol. The lowest BCUT2D eigenvalue weighted by molar-refractivity contribution is -0.138. The number of benzene rings is 1. The first-order valence-corrected chi connectivity index (χ1v) is 14.4. The van der Waals surface area contributed by atoms with Crippen LogP contribution in [0, 0.1) is 5.82 Å². The van der Waals surface area contributed by atoms with Crippen molar-refractivity contribution in [1.29, 1.82) is 0 Å². The van der Waals surface area contributed by atoms with Crippen molar-refractivity contribution in [3.63, 3.8) is 0 Å². The van der Waals surface area contributed by atoms with Crippen LogP contribution in [0.4, 0.5) is 28.9 Å². The Balaban J connectivity index is 1.38. The molecule has 3 N–H and O–H groups in total. The topological polar surface area (TPSA) is 141 Å². The standard InChI is InChI=1S/C28H33F4N9O4/c1-38-5-7-40(8-6-38)24-14-20(29)23(15-21(24)35-26(43)18-16-34-25(42)13-19(18)28(30,31)32)41-17-22(36-37-41)27(44)33-3-2-4-39-9-11-45-12-10-39/h13-17H,2-12H2,1H3,(H,33,44)(H,34,42)(H,35,43). The second kappa shape index (κ2) is 13.7. The lowest BCUT2D eigenvalue weighted by Gasteiger charge is -2.35. The monoisotopic (exact) mass is 635 g/mol. The number of likely N-dealkylation sites (N-methyl/N-ethyl adjacent to an activating group) is 1. The molecule has 0 radical (unpaired) electrons. The van der Waals surface area contributed by atoms with Gasteiger partial charge in [0, 0.05) is 64.1 Å². The molecule has 0 saturated carbocycles. The van der Waals surface area contributed by atoms with Gasteiger partial charge < -0.3 is 30.2 Å². The molecule has 2 amide bonds.